The number of carbonyl (C=O) groups excluding carboxylic acids is 3. The fourth-order valence-electron chi connectivity index (χ4n) is 9.49. The summed E-state index contributed by atoms with van der Waals surface area (Å²) >= 11 is 0. The quantitative estimate of drug-likeness (QED) is 0.0261. The highest BCUT2D eigenvalue weighted by molar-refractivity contribution is 5.71. The molecule has 73 heavy (non-hydrogen) atoms. The van der Waals surface area contributed by atoms with Crippen LogP contribution in [0.5, 0.6) is 0 Å². The van der Waals surface area contributed by atoms with Gasteiger partial charge in [-0.25, -0.2) is 0 Å². The smallest absolute Gasteiger partial charge is 0.306 e. The van der Waals surface area contributed by atoms with E-state index in [2.05, 4.69) is 69.4 Å². The van der Waals surface area contributed by atoms with Crippen molar-refractivity contribution in [3.63, 3.8) is 0 Å². The Kier molecular flexibility index (Phi) is 59.7. The number of carbonyl (C=O) groups is 3. The summed E-state index contributed by atoms with van der Waals surface area (Å²) in [4.78, 5) is 38.3. The van der Waals surface area contributed by atoms with Crippen LogP contribution in [0, 0.1) is 0 Å². The van der Waals surface area contributed by atoms with E-state index in [0.717, 1.165) is 83.5 Å². The fraction of sp³-hybridized carbons (Fsp3) is 0.836. The summed E-state index contributed by atoms with van der Waals surface area (Å²) in [5.74, 6) is -0.886. The van der Waals surface area contributed by atoms with Gasteiger partial charge in [0, 0.05) is 19.3 Å². The number of ether oxygens (including phenoxy) is 3. The Hall–Kier alpha value is -2.63. The van der Waals surface area contributed by atoms with Crippen LogP contribution in [0.1, 0.15) is 342 Å². The summed E-state index contributed by atoms with van der Waals surface area (Å²) in [7, 11) is 0. The number of unbranched alkanes of at least 4 members (excludes halogenated alkanes) is 40. The standard InChI is InChI=1S/C67H122O6/c1-4-7-10-13-16-19-22-25-28-31-33-36-39-42-45-48-51-54-57-60-66(69)72-63-64(62-71-65(68)59-56-53-50-47-44-41-38-35-30-27-24-21-18-15-12-9-6-3)73-67(70)61-58-55-52-49-46-43-40-37-34-32-29-26-23-20-17-14-11-8-5-2/h16,19,25,28,33,36,42,45,64H,4-15,17-18,20-24,26-27,29-32,34-35,37-41,43-44,46-63H2,1-3H3/b19-16-,28-25-,36-33-,45-42-/t64-/m0/s1. The average molecular weight is 1020 g/mol. The second kappa shape index (κ2) is 61.9. The van der Waals surface area contributed by atoms with E-state index in [9.17, 15) is 14.4 Å². The van der Waals surface area contributed by atoms with Gasteiger partial charge in [-0.1, -0.05) is 307 Å². The maximum atomic E-state index is 12.9. The van der Waals surface area contributed by atoms with Crippen LogP contribution in [0.2, 0.25) is 0 Å². The second-order valence-electron chi connectivity index (χ2n) is 21.7. The third kappa shape index (κ3) is 60.1. The van der Waals surface area contributed by atoms with E-state index in [4.69, 9.17) is 14.2 Å². The van der Waals surface area contributed by atoms with E-state index >= 15 is 0 Å². The van der Waals surface area contributed by atoms with Crippen molar-refractivity contribution in [1.29, 1.82) is 0 Å². The van der Waals surface area contributed by atoms with Gasteiger partial charge in [0.1, 0.15) is 13.2 Å². The molecule has 0 rings (SSSR count). The summed E-state index contributed by atoms with van der Waals surface area (Å²) in [5.41, 5.74) is 0. The second-order valence-corrected chi connectivity index (χ2v) is 21.7. The Morgan fingerprint density at radius 3 is 0.795 bits per heavy atom. The molecule has 6 nitrogen and oxygen atoms in total. The van der Waals surface area contributed by atoms with Gasteiger partial charge in [-0.3, -0.25) is 14.4 Å². The molecule has 0 saturated carbocycles. The molecule has 0 aliphatic rings. The molecular weight excluding hydrogens is 901 g/mol. The average Bonchev–Trinajstić information content (AvgIpc) is 3.39. The predicted octanol–water partition coefficient (Wildman–Crippen LogP) is 21.8. The molecule has 0 aromatic carbocycles. The molecule has 0 aromatic heterocycles. The highest BCUT2D eigenvalue weighted by Gasteiger charge is 2.19. The van der Waals surface area contributed by atoms with E-state index in [1.165, 1.54) is 218 Å². The molecule has 0 N–H and O–H groups in total. The van der Waals surface area contributed by atoms with Crippen molar-refractivity contribution in [2.75, 3.05) is 13.2 Å². The number of rotatable bonds is 59. The summed E-state index contributed by atoms with van der Waals surface area (Å²) in [6.45, 7) is 6.65. The van der Waals surface area contributed by atoms with Crippen molar-refractivity contribution < 1.29 is 28.6 Å². The van der Waals surface area contributed by atoms with Crippen LogP contribution < -0.4 is 0 Å². The van der Waals surface area contributed by atoms with Gasteiger partial charge >= 0.3 is 17.9 Å². The Morgan fingerprint density at radius 2 is 0.493 bits per heavy atom. The summed E-state index contributed by atoms with van der Waals surface area (Å²) in [5, 5.41) is 0. The molecule has 1 atom stereocenters. The van der Waals surface area contributed by atoms with Crippen molar-refractivity contribution in [2.24, 2.45) is 0 Å². The Bertz CT molecular complexity index is 1270. The SMILES string of the molecule is CCCCC/C=C\C/C=C\C/C=C\C/C=C\CCCCCC(=O)OC[C@H](COC(=O)CCCCCCCCCCCCCCCCCCC)OC(=O)CCCCCCCCCCCCCCCCCCCCC. The van der Waals surface area contributed by atoms with Gasteiger partial charge in [-0.15, -0.1) is 0 Å². The maximum absolute atomic E-state index is 12.9. The van der Waals surface area contributed by atoms with Gasteiger partial charge in [0.05, 0.1) is 0 Å². The first-order chi connectivity index (χ1) is 36.0. The topological polar surface area (TPSA) is 78.9 Å². The predicted molar refractivity (Wildman–Crippen MR) is 316 cm³/mol. The third-order valence-corrected chi connectivity index (χ3v) is 14.3. The maximum Gasteiger partial charge on any atom is 0.306 e. The summed E-state index contributed by atoms with van der Waals surface area (Å²) in [6.07, 6.45) is 76.8. The lowest BCUT2D eigenvalue weighted by molar-refractivity contribution is -0.167. The zero-order valence-electron chi connectivity index (χ0n) is 48.9. The van der Waals surface area contributed by atoms with Crippen molar-refractivity contribution in [3.05, 3.63) is 48.6 Å². The first-order valence-electron chi connectivity index (χ1n) is 32.1. The van der Waals surface area contributed by atoms with Crippen LogP contribution in [0.3, 0.4) is 0 Å². The van der Waals surface area contributed by atoms with Crippen LogP contribution in [0.4, 0.5) is 0 Å². The highest BCUT2D eigenvalue weighted by atomic mass is 16.6. The van der Waals surface area contributed by atoms with E-state index in [-0.39, 0.29) is 31.1 Å². The lowest BCUT2D eigenvalue weighted by Crippen LogP contribution is -2.30. The zero-order chi connectivity index (χ0) is 52.9. The van der Waals surface area contributed by atoms with Gasteiger partial charge in [0.25, 0.3) is 0 Å². The normalized spacial score (nSPS) is 12.3. The van der Waals surface area contributed by atoms with E-state index in [1.807, 2.05) is 0 Å². The van der Waals surface area contributed by atoms with E-state index < -0.39 is 6.10 Å². The van der Waals surface area contributed by atoms with Crippen LogP contribution in [-0.2, 0) is 28.6 Å². The molecular formula is C67H122O6. The molecule has 0 spiro atoms. The largest absolute Gasteiger partial charge is 0.462 e. The van der Waals surface area contributed by atoms with Crippen LogP contribution in [-0.4, -0.2) is 37.2 Å². The van der Waals surface area contributed by atoms with Crippen molar-refractivity contribution in [3.8, 4) is 0 Å². The summed E-state index contributed by atoms with van der Waals surface area (Å²) < 4.78 is 16.9. The monoisotopic (exact) mass is 1020 g/mol. The molecule has 0 aromatic rings. The molecule has 0 heterocycles. The van der Waals surface area contributed by atoms with Gasteiger partial charge < -0.3 is 14.2 Å². The molecule has 0 aliphatic heterocycles. The van der Waals surface area contributed by atoms with E-state index in [0.29, 0.717) is 19.3 Å². The van der Waals surface area contributed by atoms with Crippen LogP contribution >= 0.6 is 0 Å². The molecule has 6 heteroatoms. The highest BCUT2D eigenvalue weighted by Crippen LogP contribution is 2.18. The number of hydrogen-bond acceptors (Lipinski definition) is 6. The van der Waals surface area contributed by atoms with Crippen molar-refractivity contribution in [1.82, 2.24) is 0 Å². The minimum atomic E-state index is -0.784. The Labute approximate surface area is 454 Å². The van der Waals surface area contributed by atoms with Gasteiger partial charge in [0.15, 0.2) is 6.10 Å². The lowest BCUT2D eigenvalue weighted by Gasteiger charge is -2.18. The van der Waals surface area contributed by atoms with Crippen LogP contribution in [0.25, 0.3) is 0 Å². The molecule has 426 valence electrons. The minimum Gasteiger partial charge on any atom is -0.462 e. The zero-order valence-corrected chi connectivity index (χ0v) is 48.9. The number of hydrogen-bond donors (Lipinski definition) is 0. The fourth-order valence-corrected chi connectivity index (χ4v) is 9.49. The molecule has 0 bridgehead atoms. The van der Waals surface area contributed by atoms with Crippen molar-refractivity contribution >= 4 is 17.9 Å². The third-order valence-electron chi connectivity index (χ3n) is 14.3. The number of esters is 3. The molecule has 0 amide bonds. The van der Waals surface area contributed by atoms with Gasteiger partial charge in [-0.2, -0.15) is 0 Å². The molecule has 0 aliphatic carbocycles. The first kappa shape index (κ1) is 70.4. The van der Waals surface area contributed by atoms with E-state index in [1.54, 1.807) is 0 Å². The Morgan fingerprint density at radius 1 is 0.274 bits per heavy atom. The first-order valence-corrected chi connectivity index (χ1v) is 32.1. The molecule has 0 fully saturated rings. The Balaban J connectivity index is 4.38. The van der Waals surface area contributed by atoms with Gasteiger partial charge in [0.2, 0.25) is 0 Å². The molecule has 0 unspecified atom stereocenters. The van der Waals surface area contributed by atoms with Gasteiger partial charge in [-0.05, 0) is 64.2 Å². The molecule has 0 saturated heterocycles. The van der Waals surface area contributed by atoms with Crippen LogP contribution in [0.15, 0.2) is 48.6 Å². The van der Waals surface area contributed by atoms with Crippen molar-refractivity contribution in [2.45, 2.75) is 348 Å². The summed E-state index contributed by atoms with van der Waals surface area (Å²) in [6, 6.07) is 0. The minimum absolute atomic E-state index is 0.0783. The lowest BCUT2D eigenvalue weighted by atomic mass is 10.0. The number of allylic oxidation sites excluding steroid dienone is 8. The molecule has 0 radical (unpaired) electrons.